The van der Waals surface area contributed by atoms with Crippen LogP contribution in [0.4, 0.5) is 5.69 Å². The van der Waals surface area contributed by atoms with Crippen LogP contribution >= 0.6 is 24.0 Å². The molecule has 0 atom stereocenters. The van der Waals surface area contributed by atoms with Crippen molar-refractivity contribution in [2.45, 2.75) is 0 Å². The summed E-state index contributed by atoms with van der Waals surface area (Å²) >= 11 is 6.75. The molecule has 0 aromatic heterocycles. The summed E-state index contributed by atoms with van der Waals surface area (Å²) in [4.78, 5) is 15.1. The van der Waals surface area contributed by atoms with Crippen molar-refractivity contribution in [3.63, 3.8) is 0 Å². The van der Waals surface area contributed by atoms with E-state index >= 15 is 0 Å². The first-order valence-corrected chi connectivity index (χ1v) is 8.91. The Bertz CT molecular complexity index is 1020. The predicted molar refractivity (Wildman–Crippen MR) is 108 cm³/mol. The molecule has 0 aliphatic carbocycles. The molecule has 1 heterocycles. The second-order valence-corrected chi connectivity index (χ2v) is 7.28. The Balaban J connectivity index is 1.75. The molecular weight excluding hydrogens is 350 g/mol. The van der Waals surface area contributed by atoms with E-state index in [-0.39, 0.29) is 11.7 Å². The lowest BCUT2D eigenvalue weighted by Crippen LogP contribution is -2.27. The van der Waals surface area contributed by atoms with Gasteiger partial charge < -0.3 is 5.11 Å². The number of thiocarbonyl (C=S) groups is 1. The second kappa shape index (κ2) is 6.35. The summed E-state index contributed by atoms with van der Waals surface area (Å²) in [6.07, 6.45) is 1.80. The van der Waals surface area contributed by atoms with E-state index in [0.29, 0.717) is 9.23 Å². The Hall–Kier alpha value is -2.63. The maximum Gasteiger partial charge on any atom is 0.270 e. The number of fused-ring (bicyclic) bond motifs is 1. The number of aromatic hydroxyl groups is 1. The van der Waals surface area contributed by atoms with Gasteiger partial charge in [0, 0.05) is 5.39 Å². The van der Waals surface area contributed by atoms with Gasteiger partial charge in [-0.15, -0.1) is 0 Å². The first-order valence-electron chi connectivity index (χ1n) is 7.68. The summed E-state index contributed by atoms with van der Waals surface area (Å²) in [5.74, 6) is 0.0693. The summed E-state index contributed by atoms with van der Waals surface area (Å²) in [5.41, 5.74) is 1.64. The number of phenolic OH excluding ortho intramolecular Hbond substituents is 1. The number of hydrogen-bond acceptors (Lipinski definition) is 4. The molecular formula is C20H13NO2S2. The molecule has 0 bridgehead atoms. The summed E-state index contributed by atoms with van der Waals surface area (Å²) in [6.45, 7) is 0. The number of benzene rings is 3. The van der Waals surface area contributed by atoms with Gasteiger partial charge in [-0.05, 0) is 35.2 Å². The first kappa shape index (κ1) is 15.9. The van der Waals surface area contributed by atoms with Crippen molar-refractivity contribution < 1.29 is 9.90 Å². The Kier molecular flexibility index (Phi) is 4.03. The lowest BCUT2D eigenvalue weighted by atomic mass is 10.1. The number of amides is 1. The molecule has 0 spiro atoms. The third-order valence-corrected chi connectivity index (χ3v) is 5.29. The molecule has 0 radical (unpaired) electrons. The molecule has 25 heavy (non-hydrogen) atoms. The van der Waals surface area contributed by atoms with Gasteiger partial charge in [0.15, 0.2) is 4.32 Å². The topological polar surface area (TPSA) is 40.5 Å². The van der Waals surface area contributed by atoms with Crippen LogP contribution in [-0.4, -0.2) is 15.3 Å². The highest BCUT2D eigenvalue weighted by Crippen LogP contribution is 2.38. The quantitative estimate of drug-likeness (QED) is 0.516. The fourth-order valence-corrected chi connectivity index (χ4v) is 4.09. The Labute approximate surface area is 154 Å². The zero-order valence-electron chi connectivity index (χ0n) is 13.0. The maximum absolute atomic E-state index is 12.9. The van der Waals surface area contributed by atoms with E-state index in [9.17, 15) is 9.90 Å². The number of thioether (sulfide) groups is 1. The van der Waals surface area contributed by atoms with Gasteiger partial charge in [-0.1, -0.05) is 72.5 Å². The Morgan fingerprint density at radius 1 is 0.960 bits per heavy atom. The number of rotatable bonds is 2. The van der Waals surface area contributed by atoms with Crippen molar-refractivity contribution in [2.75, 3.05) is 4.90 Å². The molecule has 1 saturated heterocycles. The zero-order valence-corrected chi connectivity index (χ0v) is 14.7. The number of phenols is 1. The molecule has 3 aromatic carbocycles. The summed E-state index contributed by atoms with van der Waals surface area (Å²) < 4.78 is 0.520. The van der Waals surface area contributed by atoms with Gasteiger partial charge >= 0.3 is 0 Å². The molecule has 3 nitrogen and oxygen atoms in total. The minimum absolute atomic E-state index is 0.126. The van der Waals surface area contributed by atoms with Crippen LogP contribution in [0, 0.1) is 0 Å². The molecule has 5 heteroatoms. The number of carbonyl (C=O) groups excluding carboxylic acids is 1. The third kappa shape index (κ3) is 2.92. The second-order valence-electron chi connectivity index (χ2n) is 5.61. The van der Waals surface area contributed by atoms with E-state index in [0.717, 1.165) is 22.0 Å². The average Bonchev–Trinajstić information content (AvgIpc) is 2.90. The fraction of sp³-hybridized carbons (Fsp3) is 0. The van der Waals surface area contributed by atoms with Gasteiger partial charge in [-0.25, -0.2) is 0 Å². The molecule has 1 aliphatic heterocycles. The van der Waals surface area contributed by atoms with Gasteiger partial charge in [-0.2, -0.15) is 0 Å². The normalized spacial score (nSPS) is 16.2. The van der Waals surface area contributed by atoms with E-state index in [1.165, 1.54) is 11.8 Å². The average molecular weight is 363 g/mol. The lowest BCUT2D eigenvalue weighted by Gasteiger charge is -2.17. The van der Waals surface area contributed by atoms with Crippen molar-refractivity contribution in [3.8, 4) is 5.75 Å². The number of hydrogen-bond donors (Lipinski definition) is 1. The molecule has 1 fully saturated rings. The minimum atomic E-state index is -0.126. The fourth-order valence-electron chi connectivity index (χ4n) is 2.80. The first-order chi connectivity index (χ1) is 12.1. The molecule has 4 rings (SSSR count). The Morgan fingerprint density at radius 2 is 1.68 bits per heavy atom. The van der Waals surface area contributed by atoms with E-state index in [4.69, 9.17) is 12.2 Å². The number of anilines is 1. The number of nitrogens with zero attached hydrogens (tertiary/aromatic N) is 1. The SMILES string of the molecule is O=C1/C(=C/c2ccc(O)cc2)SC(=S)N1c1cccc2ccccc12. The standard InChI is InChI=1S/C20H13NO2S2/c22-15-10-8-13(9-11-15)12-18-19(23)21(20(24)25-18)17-7-3-5-14-4-1-2-6-16(14)17/h1-12,22H/b18-12-. The van der Waals surface area contributed by atoms with E-state index in [1.54, 1.807) is 35.2 Å². The summed E-state index contributed by atoms with van der Waals surface area (Å²) in [5, 5.41) is 11.4. The third-order valence-electron chi connectivity index (χ3n) is 3.99. The van der Waals surface area contributed by atoms with E-state index in [2.05, 4.69) is 0 Å². The van der Waals surface area contributed by atoms with Crippen LogP contribution in [0.25, 0.3) is 16.8 Å². The molecule has 1 aliphatic rings. The smallest absolute Gasteiger partial charge is 0.270 e. The largest absolute Gasteiger partial charge is 0.508 e. The highest BCUT2D eigenvalue weighted by atomic mass is 32.2. The molecule has 1 amide bonds. The highest BCUT2D eigenvalue weighted by Gasteiger charge is 2.34. The molecule has 0 saturated carbocycles. The molecule has 1 N–H and O–H groups in total. The minimum Gasteiger partial charge on any atom is -0.508 e. The van der Waals surface area contributed by atoms with Crippen LogP contribution in [-0.2, 0) is 4.79 Å². The van der Waals surface area contributed by atoms with E-state index in [1.807, 2.05) is 42.5 Å². The van der Waals surface area contributed by atoms with Gasteiger partial charge in [0.25, 0.3) is 5.91 Å². The van der Waals surface area contributed by atoms with Crippen LogP contribution in [0.15, 0.2) is 71.6 Å². The highest BCUT2D eigenvalue weighted by molar-refractivity contribution is 8.27. The molecule has 0 unspecified atom stereocenters. The molecule has 122 valence electrons. The maximum atomic E-state index is 12.9. The van der Waals surface area contributed by atoms with Crippen molar-refractivity contribution in [1.82, 2.24) is 0 Å². The van der Waals surface area contributed by atoms with Crippen molar-refractivity contribution in [2.24, 2.45) is 0 Å². The summed E-state index contributed by atoms with van der Waals surface area (Å²) in [7, 11) is 0. The van der Waals surface area contributed by atoms with Gasteiger partial charge in [0.1, 0.15) is 5.75 Å². The van der Waals surface area contributed by atoms with Crippen molar-refractivity contribution in [3.05, 3.63) is 77.2 Å². The van der Waals surface area contributed by atoms with Crippen molar-refractivity contribution in [1.29, 1.82) is 0 Å². The number of carbonyl (C=O) groups is 1. The monoisotopic (exact) mass is 363 g/mol. The van der Waals surface area contributed by atoms with Gasteiger partial charge in [-0.3, -0.25) is 9.69 Å². The van der Waals surface area contributed by atoms with Crippen LogP contribution in [0.3, 0.4) is 0 Å². The van der Waals surface area contributed by atoms with Gasteiger partial charge in [0.2, 0.25) is 0 Å². The van der Waals surface area contributed by atoms with Gasteiger partial charge in [0.05, 0.1) is 10.6 Å². The predicted octanol–water partition coefficient (Wildman–Crippen LogP) is 4.95. The van der Waals surface area contributed by atoms with E-state index < -0.39 is 0 Å². The van der Waals surface area contributed by atoms with Crippen LogP contribution in [0.2, 0.25) is 0 Å². The Morgan fingerprint density at radius 3 is 2.48 bits per heavy atom. The lowest BCUT2D eigenvalue weighted by molar-refractivity contribution is -0.113. The van der Waals surface area contributed by atoms with Crippen LogP contribution < -0.4 is 4.90 Å². The van der Waals surface area contributed by atoms with Crippen LogP contribution in [0.5, 0.6) is 5.75 Å². The van der Waals surface area contributed by atoms with Crippen LogP contribution in [0.1, 0.15) is 5.56 Å². The zero-order chi connectivity index (χ0) is 17.4. The summed E-state index contributed by atoms with van der Waals surface area (Å²) in [6, 6.07) is 20.5. The van der Waals surface area contributed by atoms with Crippen molar-refractivity contribution >= 4 is 56.7 Å². The molecule has 3 aromatic rings.